The molecule has 0 heterocycles. The van der Waals surface area contributed by atoms with Gasteiger partial charge in [0.1, 0.15) is 5.75 Å². The first-order valence-corrected chi connectivity index (χ1v) is 8.37. The van der Waals surface area contributed by atoms with Gasteiger partial charge in [-0.3, -0.25) is 0 Å². The Labute approximate surface area is 123 Å². The van der Waals surface area contributed by atoms with Crippen molar-refractivity contribution < 1.29 is 26.4 Å². The predicted molar refractivity (Wildman–Crippen MR) is 74.9 cm³/mol. The molecule has 0 fully saturated rings. The van der Waals surface area contributed by atoms with Crippen molar-refractivity contribution >= 4 is 26.5 Å². The Morgan fingerprint density at radius 2 is 1.57 bits per heavy atom. The number of para-hydroxylation sites is 1. The van der Waals surface area contributed by atoms with E-state index in [4.69, 9.17) is 4.74 Å². The molecular formula is C10H15N3O6S2. The summed E-state index contributed by atoms with van der Waals surface area (Å²) in [6, 6.07) is 7.72. The van der Waals surface area contributed by atoms with Gasteiger partial charge in [0.15, 0.2) is 0 Å². The highest BCUT2D eigenvalue weighted by Gasteiger charge is 2.33. The normalized spacial score (nSPS) is 12.4. The van der Waals surface area contributed by atoms with E-state index < -0.39 is 26.5 Å². The average Bonchev–Trinajstić information content (AvgIpc) is 2.37. The maximum Gasteiger partial charge on any atom is 0.427 e. The van der Waals surface area contributed by atoms with E-state index in [9.17, 15) is 21.6 Å². The average molecular weight is 337 g/mol. The maximum absolute atomic E-state index is 11.8. The molecule has 0 aliphatic carbocycles. The lowest BCUT2D eigenvalue weighted by molar-refractivity contribution is 0.206. The lowest BCUT2D eigenvalue weighted by atomic mass is 10.3. The minimum Gasteiger partial charge on any atom is -0.410 e. The van der Waals surface area contributed by atoms with E-state index >= 15 is 0 Å². The third kappa shape index (κ3) is 4.39. The van der Waals surface area contributed by atoms with Crippen LogP contribution in [-0.4, -0.2) is 52.1 Å². The van der Waals surface area contributed by atoms with E-state index in [0.29, 0.717) is 4.31 Å². The summed E-state index contributed by atoms with van der Waals surface area (Å²) < 4.78 is 53.9. The van der Waals surface area contributed by atoms with Gasteiger partial charge in [0.25, 0.3) is 10.2 Å². The van der Waals surface area contributed by atoms with Gasteiger partial charge in [-0.1, -0.05) is 21.9 Å². The maximum atomic E-state index is 11.8. The highest BCUT2D eigenvalue weighted by atomic mass is 32.3. The number of carbonyl (C=O) groups is 1. The first-order chi connectivity index (χ1) is 9.57. The molecule has 11 heteroatoms. The molecule has 0 atom stereocenters. The molecule has 118 valence electrons. The molecule has 0 saturated heterocycles. The van der Waals surface area contributed by atoms with Gasteiger partial charge in [-0.25, -0.2) is 9.52 Å². The number of nitrogens with one attached hydrogen (secondary N) is 1. The van der Waals surface area contributed by atoms with Crippen molar-refractivity contribution in [2.24, 2.45) is 0 Å². The molecule has 0 saturated carbocycles. The quantitative estimate of drug-likeness (QED) is 0.793. The second-order valence-electron chi connectivity index (χ2n) is 3.98. The Hall–Kier alpha value is -1.69. The summed E-state index contributed by atoms with van der Waals surface area (Å²) in [7, 11) is -5.74. The van der Waals surface area contributed by atoms with Crippen molar-refractivity contribution in [1.29, 1.82) is 0 Å². The highest BCUT2D eigenvalue weighted by molar-refractivity contribution is 8.02. The fraction of sp³-hybridized carbons (Fsp3) is 0.300. The zero-order valence-corrected chi connectivity index (χ0v) is 13.2. The smallest absolute Gasteiger partial charge is 0.410 e. The van der Waals surface area contributed by atoms with Crippen LogP contribution in [-0.2, 0) is 20.4 Å². The molecule has 1 N–H and O–H groups in total. The highest BCUT2D eigenvalue weighted by Crippen LogP contribution is 2.10. The van der Waals surface area contributed by atoms with Crippen molar-refractivity contribution in [3.63, 3.8) is 0 Å². The van der Waals surface area contributed by atoms with Gasteiger partial charge in [0, 0.05) is 21.1 Å². The summed E-state index contributed by atoms with van der Waals surface area (Å²) in [5, 5.41) is 0. The molecule has 1 amide bonds. The lowest BCUT2D eigenvalue weighted by Crippen LogP contribution is -2.48. The van der Waals surface area contributed by atoms with Crippen LogP contribution in [0.3, 0.4) is 0 Å². The summed E-state index contributed by atoms with van der Waals surface area (Å²) in [6.45, 7) is 0. The second-order valence-corrected chi connectivity index (χ2v) is 8.09. The van der Waals surface area contributed by atoms with Crippen molar-refractivity contribution in [3.05, 3.63) is 30.3 Å². The fourth-order valence-corrected chi connectivity index (χ4v) is 3.48. The molecule has 0 aromatic heterocycles. The Balaban J connectivity index is 2.84. The Bertz CT molecular complexity index is 700. The van der Waals surface area contributed by atoms with Crippen molar-refractivity contribution in [2.75, 3.05) is 21.1 Å². The van der Waals surface area contributed by atoms with Crippen molar-refractivity contribution in [1.82, 2.24) is 12.7 Å². The van der Waals surface area contributed by atoms with Gasteiger partial charge in [0.05, 0.1) is 0 Å². The SMILES string of the molecule is CN(C)S(=O)(=O)N(C)S(=O)(=O)NC(=O)Oc1ccccc1. The summed E-state index contributed by atoms with van der Waals surface area (Å²) in [5.74, 6) is 0.114. The van der Waals surface area contributed by atoms with Crippen molar-refractivity contribution in [3.8, 4) is 5.75 Å². The van der Waals surface area contributed by atoms with Gasteiger partial charge in [-0.2, -0.15) is 21.1 Å². The molecule has 0 aliphatic rings. The topological polar surface area (TPSA) is 113 Å². The molecule has 0 radical (unpaired) electrons. The molecule has 0 unspecified atom stereocenters. The molecule has 21 heavy (non-hydrogen) atoms. The Kier molecular flexibility index (Phi) is 5.28. The number of amides is 1. The van der Waals surface area contributed by atoms with Crippen LogP contribution in [0.2, 0.25) is 0 Å². The van der Waals surface area contributed by atoms with Gasteiger partial charge in [-0.05, 0) is 12.1 Å². The monoisotopic (exact) mass is 337 g/mol. The summed E-state index contributed by atoms with van der Waals surface area (Å²) >= 11 is 0. The molecule has 0 aliphatic heterocycles. The van der Waals surface area contributed by atoms with Gasteiger partial charge in [-0.15, -0.1) is 0 Å². The molecule has 1 aromatic rings. The van der Waals surface area contributed by atoms with E-state index in [2.05, 4.69) is 0 Å². The van der Waals surface area contributed by atoms with Crippen LogP contribution in [0.15, 0.2) is 30.3 Å². The molecule has 1 aromatic carbocycles. The zero-order chi connectivity index (χ0) is 16.3. The van der Waals surface area contributed by atoms with Crippen LogP contribution < -0.4 is 9.46 Å². The Morgan fingerprint density at radius 3 is 2.05 bits per heavy atom. The molecule has 0 spiro atoms. The van der Waals surface area contributed by atoms with Crippen LogP contribution in [0.25, 0.3) is 0 Å². The number of rotatable bonds is 5. The fourth-order valence-electron chi connectivity index (χ4n) is 1.14. The number of carbonyl (C=O) groups excluding carboxylic acids is 1. The largest absolute Gasteiger partial charge is 0.427 e. The summed E-state index contributed by atoms with van der Waals surface area (Å²) in [5.41, 5.74) is 0. The van der Waals surface area contributed by atoms with E-state index in [1.807, 2.05) is 0 Å². The van der Waals surface area contributed by atoms with E-state index in [1.54, 1.807) is 18.2 Å². The third-order valence-electron chi connectivity index (χ3n) is 2.29. The van der Waals surface area contributed by atoms with Crippen LogP contribution in [0, 0.1) is 0 Å². The number of hydrogen-bond acceptors (Lipinski definition) is 6. The first kappa shape index (κ1) is 17.4. The van der Waals surface area contributed by atoms with Crippen molar-refractivity contribution in [2.45, 2.75) is 0 Å². The number of benzene rings is 1. The minimum atomic E-state index is -4.60. The number of ether oxygens (including phenoxy) is 1. The summed E-state index contributed by atoms with van der Waals surface area (Å²) in [6.07, 6.45) is -1.32. The lowest BCUT2D eigenvalue weighted by Gasteiger charge is -2.20. The number of hydrogen-bond donors (Lipinski definition) is 1. The molecule has 9 nitrogen and oxygen atoms in total. The number of nitrogens with zero attached hydrogens (tertiary/aromatic N) is 2. The zero-order valence-electron chi connectivity index (χ0n) is 11.5. The van der Waals surface area contributed by atoms with E-state index in [-0.39, 0.29) is 9.46 Å². The standard InChI is InChI=1S/C10H15N3O6S2/c1-12(2)21(17,18)13(3)20(15,16)11-10(14)19-9-7-5-4-6-8-9/h4-8H,1-3H3,(H,11,14). The van der Waals surface area contributed by atoms with Gasteiger partial charge < -0.3 is 4.74 Å². The van der Waals surface area contributed by atoms with E-state index in [1.165, 1.54) is 16.9 Å². The van der Waals surface area contributed by atoms with Crippen LogP contribution in [0.4, 0.5) is 4.79 Å². The van der Waals surface area contributed by atoms with E-state index in [0.717, 1.165) is 21.1 Å². The van der Waals surface area contributed by atoms with Crippen LogP contribution in [0.1, 0.15) is 0 Å². The minimum absolute atomic E-state index is 0.0340. The predicted octanol–water partition coefficient (Wildman–Crippen LogP) is -0.242. The molecule has 0 bridgehead atoms. The molecule has 1 rings (SSSR count). The van der Waals surface area contributed by atoms with Crippen LogP contribution >= 0.6 is 0 Å². The summed E-state index contributed by atoms with van der Waals surface area (Å²) in [4.78, 5) is 11.5. The Morgan fingerprint density at radius 1 is 1.05 bits per heavy atom. The van der Waals surface area contributed by atoms with Gasteiger partial charge >= 0.3 is 16.3 Å². The van der Waals surface area contributed by atoms with Crippen LogP contribution in [0.5, 0.6) is 5.75 Å². The van der Waals surface area contributed by atoms with Gasteiger partial charge in [0.2, 0.25) is 0 Å². The third-order valence-corrected chi connectivity index (χ3v) is 6.12. The first-order valence-electron chi connectivity index (χ1n) is 5.53. The second kappa shape index (κ2) is 6.39. The molecular weight excluding hydrogens is 322 g/mol.